The topological polar surface area (TPSA) is 116 Å². The highest BCUT2D eigenvalue weighted by Crippen LogP contribution is 2.36. The van der Waals surface area contributed by atoms with Crippen molar-refractivity contribution in [3.63, 3.8) is 0 Å². The summed E-state index contributed by atoms with van der Waals surface area (Å²) in [7, 11) is 0. The molecule has 4 atom stereocenters. The number of carbonyl (C=O) groups is 2. The summed E-state index contributed by atoms with van der Waals surface area (Å²) in [5, 5.41) is 21.9. The number of alkyl carbamates (subject to hydrolysis) is 1. The Kier molecular flexibility index (Phi) is 6.40. The van der Waals surface area contributed by atoms with Gasteiger partial charge in [-0.15, -0.1) is 5.10 Å². The number of nitrogens with zero attached hydrogens (tertiary/aromatic N) is 3. The molecule has 1 heterocycles. The molecular formula is C21H28N4O5. The van der Waals surface area contributed by atoms with Crippen molar-refractivity contribution in [3.8, 4) is 11.3 Å². The highest BCUT2D eigenvalue weighted by molar-refractivity contribution is 5.76. The summed E-state index contributed by atoms with van der Waals surface area (Å²) in [5.74, 6) is -1.22. The van der Waals surface area contributed by atoms with Crippen molar-refractivity contribution >= 4 is 12.1 Å². The van der Waals surface area contributed by atoms with E-state index in [1.807, 2.05) is 30.3 Å². The summed E-state index contributed by atoms with van der Waals surface area (Å²) in [6.07, 6.45) is 0.196. The third kappa shape index (κ3) is 4.96. The average Bonchev–Trinajstić information content (AvgIpc) is 3.27. The minimum absolute atomic E-state index is 0.205. The highest BCUT2D eigenvalue weighted by Gasteiger charge is 2.49. The van der Waals surface area contributed by atoms with E-state index in [0.717, 1.165) is 5.56 Å². The quantitative estimate of drug-likeness (QED) is 0.719. The SMILES string of the molecule is CCOC(=O)[C@@H]1C[C@@H](n2cc(-c3ccccc3)nn2)[C@H](O)[C@@H]1NC(=O)OC(C)(C)C. The maximum Gasteiger partial charge on any atom is 0.407 e. The number of aromatic nitrogens is 3. The van der Waals surface area contributed by atoms with E-state index in [9.17, 15) is 14.7 Å². The molecule has 0 unspecified atom stereocenters. The van der Waals surface area contributed by atoms with Crippen molar-refractivity contribution in [3.05, 3.63) is 36.5 Å². The van der Waals surface area contributed by atoms with E-state index in [2.05, 4.69) is 15.6 Å². The largest absolute Gasteiger partial charge is 0.466 e. The first-order chi connectivity index (χ1) is 14.2. The molecule has 0 aliphatic heterocycles. The lowest BCUT2D eigenvalue weighted by Gasteiger charge is -2.26. The molecule has 1 fully saturated rings. The van der Waals surface area contributed by atoms with E-state index < -0.39 is 41.8 Å². The molecule has 9 nitrogen and oxygen atoms in total. The van der Waals surface area contributed by atoms with E-state index in [-0.39, 0.29) is 13.0 Å². The maximum atomic E-state index is 12.5. The normalized spacial score (nSPS) is 23.8. The number of esters is 1. The fourth-order valence-corrected chi connectivity index (χ4v) is 3.59. The van der Waals surface area contributed by atoms with E-state index in [0.29, 0.717) is 5.69 Å². The standard InChI is InChI=1S/C21H28N4O5/c1-5-29-19(27)14-11-16(18(26)17(14)22-20(28)30-21(2,3)4)25-12-15(23-24-25)13-9-7-6-8-10-13/h6-10,12,14,16-18,26H,5,11H2,1-4H3,(H,22,28)/t14-,16-,17-,18+/m1/s1. The molecule has 9 heteroatoms. The van der Waals surface area contributed by atoms with Gasteiger partial charge >= 0.3 is 12.1 Å². The minimum atomic E-state index is -1.07. The fourth-order valence-electron chi connectivity index (χ4n) is 3.59. The molecule has 0 saturated heterocycles. The number of aliphatic hydroxyl groups is 1. The predicted molar refractivity (Wildman–Crippen MR) is 108 cm³/mol. The van der Waals surface area contributed by atoms with Gasteiger partial charge in [0.05, 0.1) is 36.9 Å². The zero-order valence-corrected chi connectivity index (χ0v) is 17.6. The molecule has 162 valence electrons. The number of nitrogens with one attached hydrogen (secondary N) is 1. The summed E-state index contributed by atoms with van der Waals surface area (Å²) in [5.41, 5.74) is 0.837. The van der Waals surface area contributed by atoms with Crippen molar-refractivity contribution in [1.29, 1.82) is 0 Å². The van der Waals surface area contributed by atoms with Crippen LogP contribution in [0.15, 0.2) is 36.5 Å². The Hall–Kier alpha value is -2.94. The van der Waals surface area contributed by atoms with E-state index in [1.165, 1.54) is 4.68 Å². The van der Waals surface area contributed by atoms with Gasteiger partial charge in [-0.25, -0.2) is 9.48 Å². The molecule has 0 bridgehead atoms. The number of hydrogen-bond donors (Lipinski definition) is 2. The first kappa shape index (κ1) is 21.8. The second kappa shape index (κ2) is 8.83. The Labute approximate surface area is 175 Å². The van der Waals surface area contributed by atoms with Gasteiger partial charge in [0.15, 0.2) is 0 Å². The van der Waals surface area contributed by atoms with E-state index >= 15 is 0 Å². The number of rotatable bonds is 5. The van der Waals surface area contributed by atoms with E-state index in [4.69, 9.17) is 9.47 Å². The molecule has 1 amide bonds. The summed E-state index contributed by atoms with van der Waals surface area (Å²) in [6, 6.07) is 8.11. The summed E-state index contributed by atoms with van der Waals surface area (Å²) in [6.45, 7) is 7.13. The third-order valence-electron chi connectivity index (χ3n) is 4.88. The van der Waals surface area contributed by atoms with E-state index in [1.54, 1.807) is 33.9 Å². The van der Waals surface area contributed by atoms with Crippen LogP contribution < -0.4 is 5.32 Å². The molecule has 1 saturated carbocycles. The minimum Gasteiger partial charge on any atom is -0.466 e. The number of amides is 1. The van der Waals surface area contributed by atoms with Gasteiger partial charge in [0.25, 0.3) is 0 Å². The number of ether oxygens (including phenoxy) is 2. The smallest absolute Gasteiger partial charge is 0.407 e. The highest BCUT2D eigenvalue weighted by atomic mass is 16.6. The van der Waals surface area contributed by atoms with Crippen LogP contribution in [0.2, 0.25) is 0 Å². The molecule has 1 aliphatic rings. The summed E-state index contributed by atoms with van der Waals surface area (Å²) < 4.78 is 12.0. The lowest BCUT2D eigenvalue weighted by Crippen LogP contribution is -2.48. The summed E-state index contributed by atoms with van der Waals surface area (Å²) in [4.78, 5) is 24.8. The molecule has 0 radical (unpaired) electrons. The Morgan fingerprint density at radius 2 is 1.97 bits per heavy atom. The van der Waals surface area contributed by atoms with Crippen LogP contribution in [0.4, 0.5) is 4.79 Å². The molecule has 1 aromatic heterocycles. The van der Waals surface area contributed by atoms with Crippen LogP contribution in [0.25, 0.3) is 11.3 Å². The lowest BCUT2D eigenvalue weighted by molar-refractivity contribution is -0.148. The van der Waals surface area contributed by atoms with Crippen LogP contribution in [-0.4, -0.2) is 56.5 Å². The third-order valence-corrected chi connectivity index (χ3v) is 4.88. The van der Waals surface area contributed by atoms with Gasteiger partial charge in [-0.1, -0.05) is 35.5 Å². The van der Waals surface area contributed by atoms with Gasteiger partial charge in [-0.05, 0) is 34.1 Å². The molecular weight excluding hydrogens is 388 g/mol. The molecule has 1 aromatic carbocycles. The molecule has 2 aromatic rings. The average molecular weight is 416 g/mol. The maximum absolute atomic E-state index is 12.5. The van der Waals surface area contributed by atoms with Gasteiger partial charge in [-0.2, -0.15) is 0 Å². The fraction of sp³-hybridized carbons (Fsp3) is 0.524. The predicted octanol–water partition coefficient (Wildman–Crippen LogP) is 2.32. The van der Waals surface area contributed by atoms with Crippen LogP contribution in [-0.2, 0) is 14.3 Å². The van der Waals surface area contributed by atoms with Gasteiger partial charge in [0, 0.05) is 5.56 Å². The first-order valence-corrected chi connectivity index (χ1v) is 10.0. The molecule has 0 spiro atoms. The Morgan fingerprint density at radius 1 is 1.27 bits per heavy atom. The van der Waals surface area contributed by atoms with Gasteiger partial charge in [0.2, 0.25) is 0 Å². The number of hydrogen-bond acceptors (Lipinski definition) is 7. The Balaban J connectivity index is 1.82. The molecule has 3 rings (SSSR count). The van der Waals surface area contributed by atoms with Crippen LogP contribution in [0.5, 0.6) is 0 Å². The zero-order chi connectivity index (χ0) is 21.9. The Bertz CT molecular complexity index is 877. The van der Waals surface area contributed by atoms with Crippen LogP contribution in [0, 0.1) is 5.92 Å². The van der Waals surface area contributed by atoms with Crippen LogP contribution in [0.1, 0.15) is 40.2 Å². The molecule has 2 N–H and O–H groups in total. The number of aliphatic hydroxyl groups excluding tert-OH is 1. The van der Waals surface area contributed by atoms with Crippen molar-refractivity contribution in [2.45, 2.75) is 57.9 Å². The lowest BCUT2D eigenvalue weighted by atomic mass is 10.0. The van der Waals surface area contributed by atoms with Crippen molar-refractivity contribution in [1.82, 2.24) is 20.3 Å². The van der Waals surface area contributed by atoms with Crippen LogP contribution in [0.3, 0.4) is 0 Å². The molecule has 1 aliphatic carbocycles. The monoisotopic (exact) mass is 416 g/mol. The number of carbonyl (C=O) groups excluding carboxylic acids is 2. The van der Waals surface area contributed by atoms with Crippen molar-refractivity contribution in [2.75, 3.05) is 6.61 Å². The number of benzene rings is 1. The van der Waals surface area contributed by atoms with Crippen LogP contribution >= 0.6 is 0 Å². The zero-order valence-electron chi connectivity index (χ0n) is 17.6. The van der Waals surface area contributed by atoms with Gasteiger partial charge < -0.3 is 19.9 Å². The summed E-state index contributed by atoms with van der Waals surface area (Å²) >= 11 is 0. The van der Waals surface area contributed by atoms with Crippen molar-refractivity contribution < 1.29 is 24.2 Å². The Morgan fingerprint density at radius 3 is 2.60 bits per heavy atom. The van der Waals surface area contributed by atoms with Gasteiger partial charge in [0.1, 0.15) is 11.3 Å². The second-order valence-electron chi connectivity index (χ2n) is 8.27. The molecule has 30 heavy (non-hydrogen) atoms. The first-order valence-electron chi connectivity index (χ1n) is 10.0. The second-order valence-corrected chi connectivity index (χ2v) is 8.27. The van der Waals surface area contributed by atoms with Gasteiger partial charge in [-0.3, -0.25) is 4.79 Å². The van der Waals surface area contributed by atoms with Crippen molar-refractivity contribution in [2.24, 2.45) is 5.92 Å².